The summed E-state index contributed by atoms with van der Waals surface area (Å²) in [7, 11) is 1.61. The first kappa shape index (κ1) is 25.1. The topological polar surface area (TPSA) is 74.6 Å². The van der Waals surface area contributed by atoms with Crippen molar-refractivity contribution >= 4 is 36.2 Å². The number of halogens is 1. The highest BCUT2D eigenvalue weighted by Crippen LogP contribution is 2.29. The Balaban J connectivity index is 0.000000406. The monoisotopic (exact) mass is 475 g/mol. The van der Waals surface area contributed by atoms with Gasteiger partial charge < -0.3 is 10.4 Å². The van der Waals surface area contributed by atoms with Crippen LogP contribution in [0.5, 0.6) is 0 Å². The molecule has 5 nitrogen and oxygen atoms in total. The van der Waals surface area contributed by atoms with Crippen molar-refractivity contribution in [1.29, 1.82) is 0 Å². The lowest BCUT2D eigenvalue weighted by molar-refractivity contribution is -0.138. The lowest BCUT2D eigenvalue weighted by Gasteiger charge is -2.11. The Kier molecular flexibility index (Phi) is 8.51. The molecule has 0 saturated heterocycles. The maximum Gasteiger partial charge on any atom is 0.320 e. The molecule has 0 aliphatic rings. The van der Waals surface area contributed by atoms with Crippen LogP contribution in [0.25, 0.3) is 33.3 Å². The molecule has 7 heteroatoms. The first-order valence-electron chi connectivity index (χ1n) is 10.6. The molecule has 0 amide bonds. The minimum atomic E-state index is -0.817. The number of pyridine rings is 1. The first-order valence-corrected chi connectivity index (χ1v) is 11.1. The molecular weight excluding hydrogens is 449 g/mol. The van der Waals surface area contributed by atoms with Crippen LogP contribution in [-0.4, -0.2) is 35.9 Å². The number of nitrogens with zero attached hydrogens (tertiary/aromatic N) is 2. The highest BCUT2D eigenvalue weighted by atomic mass is 32.1. The second kappa shape index (κ2) is 11.5. The molecule has 174 valence electrons. The second-order valence-corrected chi connectivity index (χ2v) is 8.20. The molecule has 0 radical (unpaired) electrons. The highest BCUT2D eigenvalue weighted by Gasteiger charge is 2.10. The summed E-state index contributed by atoms with van der Waals surface area (Å²) >= 11 is 4.33. The van der Waals surface area contributed by atoms with E-state index < -0.39 is 12.0 Å². The summed E-state index contributed by atoms with van der Waals surface area (Å²) in [6.45, 7) is 5.61. The Morgan fingerprint density at radius 1 is 1.06 bits per heavy atom. The summed E-state index contributed by atoms with van der Waals surface area (Å²) < 4.78 is 13.5. The SMILES string of the molecule is C=NCc1cc2cc(F)ccc2nc1-c1ccc(-c2ccc(S)cc2)cc1.CNC(C)C(=O)O. The van der Waals surface area contributed by atoms with Gasteiger partial charge in [0.05, 0.1) is 17.8 Å². The van der Waals surface area contributed by atoms with Gasteiger partial charge in [-0.25, -0.2) is 9.37 Å². The average Bonchev–Trinajstić information content (AvgIpc) is 2.84. The maximum atomic E-state index is 13.5. The van der Waals surface area contributed by atoms with E-state index in [-0.39, 0.29) is 5.82 Å². The van der Waals surface area contributed by atoms with Gasteiger partial charge in [0, 0.05) is 21.4 Å². The number of aliphatic imine (C=N–C) groups is 1. The molecule has 1 unspecified atom stereocenters. The summed E-state index contributed by atoms with van der Waals surface area (Å²) in [6.07, 6.45) is 0. The number of nitrogens with one attached hydrogen (secondary N) is 1. The number of likely N-dealkylation sites (N-methyl/N-ethyl adjacent to an activating group) is 1. The number of benzene rings is 3. The van der Waals surface area contributed by atoms with Gasteiger partial charge >= 0.3 is 5.97 Å². The number of hydrogen-bond acceptors (Lipinski definition) is 5. The number of thiol groups is 1. The van der Waals surface area contributed by atoms with Crippen molar-refractivity contribution in [2.45, 2.75) is 24.4 Å². The quantitative estimate of drug-likeness (QED) is 0.241. The van der Waals surface area contributed by atoms with E-state index in [1.54, 1.807) is 20.0 Å². The van der Waals surface area contributed by atoms with E-state index in [9.17, 15) is 9.18 Å². The van der Waals surface area contributed by atoms with Crippen molar-refractivity contribution in [3.05, 3.63) is 84.2 Å². The first-order chi connectivity index (χ1) is 16.3. The Bertz CT molecular complexity index is 1290. The van der Waals surface area contributed by atoms with Crippen molar-refractivity contribution in [2.75, 3.05) is 7.05 Å². The van der Waals surface area contributed by atoms with E-state index in [1.807, 2.05) is 42.5 Å². The molecule has 4 aromatic rings. The number of fused-ring (bicyclic) bond motifs is 1. The zero-order valence-electron chi connectivity index (χ0n) is 19.0. The molecular formula is C27H26FN3O2S. The molecule has 0 spiro atoms. The number of aromatic nitrogens is 1. The fraction of sp³-hybridized carbons (Fsp3) is 0.148. The predicted octanol–water partition coefficient (Wildman–Crippen LogP) is 5.88. The molecule has 0 bridgehead atoms. The maximum absolute atomic E-state index is 13.5. The van der Waals surface area contributed by atoms with Crippen LogP contribution in [0.4, 0.5) is 4.39 Å². The molecule has 0 aliphatic heterocycles. The number of aliphatic carboxylic acids is 1. The van der Waals surface area contributed by atoms with E-state index in [0.717, 1.165) is 43.7 Å². The van der Waals surface area contributed by atoms with Crippen molar-refractivity contribution in [2.24, 2.45) is 4.99 Å². The zero-order chi connectivity index (χ0) is 24.7. The van der Waals surface area contributed by atoms with Gasteiger partial charge in [0.1, 0.15) is 11.9 Å². The lowest BCUT2D eigenvalue weighted by Crippen LogP contribution is -2.29. The smallest absolute Gasteiger partial charge is 0.320 e. The van der Waals surface area contributed by atoms with Crippen LogP contribution in [0, 0.1) is 5.82 Å². The Morgan fingerprint density at radius 2 is 1.65 bits per heavy atom. The third-order valence-electron chi connectivity index (χ3n) is 5.30. The lowest BCUT2D eigenvalue weighted by atomic mass is 9.99. The standard InChI is InChI=1S/C23H17FN2S.C4H9NO2/c1-25-14-19-12-18-13-20(24)8-11-22(18)26-23(19)17-4-2-15(3-5-17)16-6-9-21(27)10-7-16;1-3(5-2)4(6)7/h2-13,27H,1,14H2;3,5H,1-2H3,(H,6,7). The van der Waals surface area contributed by atoms with E-state index in [1.165, 1.54) is 12.1 Å². The van der Waals surface area contributed by atoms with Crippen LogP contribution in [0.15, 0.2) is 82.7 Å². The molecule has 2 N–H and O–H groups in total. The van der Waals surface area contributed by atoms with Crippen LogP contribution in [0.2, 0.25) is 0 Å². The molecule has 0 aliphatic carbocycles. The molecule has 1 atom stereocenters. The van der Waals surface area contributed by atoms with E-state index in [2.05, 4.69) is 41.8 Å². The van der Waals surface area contributed by atoms with Crippen molar-refractivity contribution in [3.63, 3.8) is 0 Å². The Hall–Kier alpha value is -3.55. The van der Waals surface area contributed by atoms with Crippen LogP contribution in [-0.2, 0) is 11.3 Å². The fourth-order valence-corrected chi connectivity index (χ4v) is 3.43. The van der Waals surface area contributed by atoms with Crippen LogP contribution in [0.3, 0.4) is 0 Å². The van der Waals surface area contributed by atoms with Crippen LogP contribution in [0.1, 0.15) is 12.5 Å². The van der Waals surface area contributed by atoms with Crippen LogP contribution >= 0.6 is 12.6 Å². The molecule has 34 heavy (non-hydrogen) atoms. The molecule has 4 rings (SSSR count). The molecule has 3 aromatic carbocycles. The van der Waals surface area contributed by atoms with Gasteiger partial charge in [-0.05, 0) is 68.2 Å². The van der Waals surface area contributed by atoms with Crippen molar-refractivity contribution in [1.82, 2.24) is 10.3 Å². The van der Waals surface area contributed by atoms with Gasteiger partial charge in [0.15, 0.2) is 0 Å². The minimum Gasteiger partial charge on any atom is -0.480 e. The number of carbonyl (C=O) groups is 1. The summed E-state index contributed by atoms with van der Waals surface area (Å²) in [6, 6.07) is 22.4. The zero-order valence-corrected chi connectivity index (χ0v) is 19.9. The van der Waals surface area contributed by atoms with Crippen molar-refractivity contribution in [3.8, 4) is 22.4 Å². The number of carboxylic acids is 1. The van der Waals surface area contributed by atoms with E-state index >= 15 is 0 Å². The Labute approximate surface area is 203 Å². The largest absolute Gasteiger partial charge is 0.480 e. The normalized spacial score (nSPS) is 11.4. The third kappa shape index (κ3) is 6.27. The van der Waals surface area contributed by atoms with Crippen LogP contribution < -0.4 is 5.32 Å². The predicted molar refractivity (Wildman–Crippen MR) is 139 cm³/mol. The Morgan fingerprint density at radius 3 is 2.18 bits per heavy atom. The number of carboxylic acid groups (broad SMARTS) is 1. The fourth-order valence-electron chi connectivity index (χ4n) is 3.28. The summed E-state index contributed by atoms with van der Waals surface area (Å²) in [4.78, 5) is 19.6. The second-order valence-electron chi connectivity index (χ2n) is 7.69. The van der Waals surface area contributed by atoms with Gasteiger partial charge in [-0.2, -0.15) is 0 Å². The summed E-state index contributed by atoms with van der Waals surface area (Å²) in [5, 5.41) is 11.4. The van der Waals surface area contributed by atoms with Gasteiger partial charge in [-0.3, -0.25) is 9.79 Å². The summed E-state index contributed by atoms with van der Waals surface area (Å²) in [5.74, 6) is -1.09. The minimum absolute atomic E-state index is 0.272. The van der Waals surface area contributed by atoms with Crippen molar-refractivity contribution < 1.29 is 14.3 Å². The molecule has 1 aromatic heterocycles. The van der Waals surface area contributed by atoms with E-state index in [0.29, 0.717) is 6.54 Å². The van der Waals surface area contributed by atoms with Gasteiger partial charge in [0.2, 0.25) is 0 Å². The number of rotatable bonds is 6. The average molecular weight is 476 g/mol. The van der Waals surface area contributed by atoms with Gasteiger partial charge in [-0.15, -0.1) is 12.6 Å². The van der Waals surface area contributed by atoms with E-state index in [4.69, 9.17) is 10.1 Å². The third-order valence-corrected chi connectivity index (χ3v) is 5.60. The molecule has 0 fully saturated rings. The molecule has 1 heterocycles. The van der Waals surface area contributed by atoms with Gasteiger partial charge in [0.25, 0.3) is 0 Å². The summed E-state index contributed by atoms with van der Waals surface area (Å²) in [5.41, 5.74) is 5.78. The highest BCUT2D eigenvalue weighted by molar-refractivity contribution is 7.80. The van der Waals surface area contributed by atoms with Gasteiger partial charge in [-0.1, -0.05) is 36.4 Å². The number of hydrogen-bond donors (Lipinski definition) is 3. The molecule has 0 saturated carbocycles.